The molecule has 1 unspecified atom stereocenters. The molecular weight excluding hydrogens is 326 g/mol. The summed E-state index contributed by atoms with van der Waals surface area (Å²) in [7, 11) is 0. The van der Waals surface area contributed by atoms with Gasteiger partial charge in [0.2, 0.25) is 5.91 Å². The summed E-state index contributed by atoms with van der Waals surface area (Å²) in [5.41, 5.74) is 1.39. The summed E-state index contributed by atoms with van der Waals surface area (Å²) in [6, 6.07) is 0. The lowest BCUT2D eigenvalue weighted by Gasteiger charge is -2.43. The van der Waals surface area contributed by atoms with Crippen molar-refractivity contribution in [3.05, 3.63) is 28.5 Å². The van der Waals surface area contributed by atoms with Gasteiger partial charge in [0.05, 0.1) is 10.6 Å². The van der Waals surface area contributed by atoms with Crippen molar-refractivity contribution in [2.24, 2.45) is 11.8 Å². The highest BCUT2D eigenvalue weighted by Gasteiger charge is 2.37. The fraction of sp³-hybridized carbons (Fsp3) is 0.611. The third-order valence-electron chi connectivity index (χ3n) is 5.40. The molecular formula is C18H24ClN3O2. The highest BCUT2D eigenvalue weighted by molar-refractivity contribution is 6.31. The molecule has 2 fully saturated rings. The first-order chi connectivity index (χ1) is 11.5. The Morgan fingerprint density at radius 2 is 1.83 bits per heavy atom. The van der Waals surface area contributed by atoms with Crippen LogP contribution in [0, 0.1) is 18.8 Å². The minimum Gasteiger partial charge on any atom is -0.342 e. The molecule has 0 bridgehead atoms. The molecule has 3 heterocycles. The predicted molar refractivity (Wildman–Crippen MR) is 93.0 cm³/mol. The van der Waals surface area contributed by atoms with E-state index in [1.807, 2.05) is 16.7 Å². The third kappa shape index (κ3) is 3.41. The number of halogens is 1. The lowest BCUT2D eigenvalue weighted by molar-refractivity contribution is -0.136. The number of likely N-dealkylation sites (tertiary alicyclic amines) is 2. The third-order valence-corrected chi connectivity index (χ3v) is 5.78. The number of aromatic nitrogens is 1. The van der Waals surface area contributed by atoms with E-state index in [1.165, 1.54) is 0 Å². The summed E-state index contributed by atoms with van der Waals surface area (Å²) in [6.45, 7) is 6.70. The number of nitrogens with zero attached hydrogens (tertiary/aromatic N) is 3. The first kappa shape index (κ1) is 17.2. The van der Waals surface area contributed by atoms with Gasteiger partial charge in [0, 0.05) is 45.5 Å². The second-order valence-corrected chi connectivity index (χ2v) is 7.39. The van der Waals surface area contributed by atoms with Crippen molar-refractivity contribution >= 4 is 23.4 Å². The van der Waals surface area contributed by atoms with E-state index in [9.17, 15) is 9.59 Å². The molecule has 0 N–H and O–H groups in total. The molecule has 0 radical (unpaired) electrons. The number of carbonyl (C=O) groups is 2. The maximum Gasteiger partial charge on any atom is 0.255 e. The van der Waals surface area contributed by atoms with Crippen molar-refractivity contribution in [2.45, 2.75) is 33.1 Å². The fourth-order valence-electron chi connectivity index (χ4n) is 3.70. The van der Waals surface area contributed by atoms with Gasteiger partial charge in [-0.2, -0.15) is 0 Å². The quantitative estimate of drug-likeness (QED) is 0.825. The molecule has 1 aromatic rings. The molecule has 0 saturated carbocycles. The molecule has 24 heavy (non-hydrogen) atoms. The van der Waals surface area contributed by atoms with Crippen LogP contribution in [0.25, 0.3) is 0 Å². The number of carbonyl (C=O) groups excluding carboxylic acids is 2. The monoisotopic (exact) mass is 349 g/mol. The van der Waals surface area contributed by atoms with Crippen LogP contribution in [-0.4, -0.2) is 52.8 Å². The Morgan fingerprint density at radius 3 is 2.54 bits per heavy atom. The van der Waals surface area contributed by atoms with Gasteiger partial charge in [-0.3, -0.25) is 14.6 Å². The lowest BCUT2D eigenvalue weighted by atomic mass is 9.82. The first-order valence-electron chi connectivity index (χ1n) is 8.62. The molecule has 0 aromatic carbocycles. The number of amides is 2. The normalized spacial score (nSPS) is 22.0. The molecule has 2 aliphatic heterocycles. The molecule has 3 rings (SSSR count). The van der Waals surface area contributed by atoms with Crippen LogP contribution in [0.15, 0.2) is 12.4 Å². The van der Waals surface area contributed by atoms with Gasteiger partial charge in [0.15, 0.2) is 0 Å². The van der Waals surface area contributed by atoms with Crippen molar-refractivity contribution in [3.8, 4) is 0 Å². The summed E-state index contributed by atoms with van der Waals surface area (Å²) in [6.07, 6.45) is 6.48. The molecule has 1 atom stereocenters. The maximum absolute atomic E-state index is 12.9. The van der Waals surface area contributed by atoms with E-state index in [0.29, 0.717) is 22.4 Å². The highest BCUT2D eigenvalue weighted by atomic mass is 35.5. The SMILES string of the molecule is CC(=O)N1CC(C2CCCCN(C(=O)c3cncc(Cl)c3C)C2)C1. The van der Waals surface area contributed by atoms with E-state index < -0.39 is 0 Å². The average molecular weight is 350 g/mol. The zero-order chi connectivity index (χ0) is 17.3. The summed E-state index contributed by atoms with van der Waals surface area (Å²) in [5, 5.41) is 0.531. The molecule has 5 nitrogen and oxygen atoms in total. The van der Waals surface area contributed by atoms with Gasteiger partial charge in [0.25, 0.3) is 5.91 Å². The van der Waals surface area contributed by atoms with Crippen molar-refractivity contribution in [2.75, 3.05) is 26.2 Å². The zero-order valence-corrected chi connectivity index (χ0v) is 15.1. The largest absolute Gasteiger partial charge is 0.342 e. The van der Waals surface area contributed by atoms with Crippen molar-refractivity contribution in [1.29, 1.82) is 0 Å². The first-order valence-corrected chi connectivity index (χ1v) is 9.00. The Hall–Kier alpha value is -1.62. The zero-order valence-electron chi connectivity index (χ0n) is 14.3. The maximum atomic E-state index is 12.9. The Bertz CT molecular complexity index is 643. The molecule has 2 amide bonds. The van der Waals surface area contributed by atoms with Gasteiger partial charge in [-0.25, -0.2) is 0 Å². The van der Waals surface area contributed by atoms with E-state index in [0.717, 1.165) is 51.0 Å². The molecule has 1 aromatic heterocycles. The summed E-state index contributed by atoms with van der Waals surface area (Å²) >= 11 is 6.11. The smallest absolute Gasteiger partial charge is 0.255 e. The van der Waals surface area contributed by atoms with Gasteiger partial charge in [-0.05, 0) is 37.2 Å². The standard InChI is InChI=1S/C18H24ClN3O2/c1-12-16(7-20-8-17(12)19)18(24)21-6-4-3-5-14(9-21)15-10-22(11-15)13(2)23/h7-8,14-15H,3-6,9-11H2,1-2H3. The minimum absolute atomic E-state index is 0.0251. The van der Waals surface area contributed by atoms with Crippen molar-refractivity contribution in [3.63, 3.8) is 0 Å². The van der Waals surface area contributed by atoms with E-state index in [2.05, 4.69) is 4.98 Å². The Kier molecular flexibility index (Phi) is 5.09. The minimum atomic E-state index is 0.0251. The Balaban J connectivity index is 1.70. The molecule has 0 spiro atoms. The molecule has 2 saturated heterocycles. The number of rotatable bonds is 2. The van der Waals surface area contributed by atoms with E-state index in [1.54, 1.807) is 19.3 Å². The second kappa shape index (κ2) is 7.09. The average Bonchev–Trinajstić information content (AvgIpc) is 2.73. The topological polar surface area (TPSA) is 53.5 Å². The highest BCUT2D eigenvalue weighted by Crippen LogP contribution is 2.31. The number of pyridine rings is 1. The molecule has 130 valence electrons. The molecule has 0 aliphatic carbocycles. The van der Waals surface area contributed by atoms with Crippen LogP contribution in [0.5, 0.6) is 0 Å². The van der Waals surface area contributed by atoms with Gasteiger partial charge >= 0.3 is 0 Å². The van der Waals surface area contributed by atoms with Crippen LogP contribution in [-0.2, 0) is 4.79 Å². The number of hydrogen-bond acceptors (Lipinski definition) is 3. The van der Waals surface area contributed by atoms with Gasteiger partial charge in [0.1, 0.15) is 0 Å². The molecule has 2 aliphatic rings. The lowest BCUT2D eigenvalue weighted by Crippen LogP contribution is -2.53. The van der Waals surface area contributed by atoms with Gasteiger partial charge in [-0.15, -0.1) is 0 Å². The Morgan fingerprint density at radius 1 is 1.12 bits per heavy atom. The predicted octanol–water partition coefficient (Wildman–Crippen LogP) is 2.76. The van der Waals surface area contributed by atoms with Gasteiger partial charge < -0.3 is 9.80 Å². The summed E-state index contributed by atoms with van der Waals surface area (Å²) < 4.78 is 0. The van der Waals surface area contributed by atoms with E-state index in [4.69, 9.17) is 11.6 Å². The van der Waals surface area contributed by atoms with Crippen molar-refractivity contribution < 1.29 is 9.59 Å². The van der Waals surface area contributed by atoms with Crippen LogP contribution in [0.4, 0.5) is 0 Å². The Labute approximate surface area is 148 Å². The fourth-order valence-corrected chi connectivity index (χ4v) is 3.86. The second-order valence-electron chi connectivity index (χ2n) is 6.98. The van der Waals surface area contributed by atoms with Crippen LogP contribution in [0.1, 0.15) is 42.1 Å². The van der Waals surface area contributed by atoms with Gasteiger partial charge in [-0.1, -0.05) is 18.0 Å². The summed E-state index contributed by atoms with van der Waals surface area (Å²) in [5.74, 6) is 1.16. The number of hydrogen-bond donors (Lipinski definition) is 0. The van der Waals surface area contributed by atoms with E-state index in [-0.39, 0.29) is 11.8 Å². The van der Waals surface area contributed by atoms with Crippen LogP contribution in [0.2, 0.25) is 5.02 Å². The van der Waals surface area contributed by atoms with E-state index >= 15 is 0 Å². The van der Waals surface area contributed by atoms with Crippen LogP contribution < -0.4 is 0 Å². The van der Waals surface area contributed by atoms with Crippen molar-refractivity contribution in [1.82, 2.24) is 14.8 Å². The molecule has 6 heteroatoms. The van der Waals surface area contributed by atoms with Crippen LogP contribution >= 0.6 is 11.6 Å². The summed E-state index contributed by atoms with van der Waals surface area (Å²) in [4.78, 5) is 32.2. The van der Waals surface area contributed by atoms with Crippen LogP contribution in [0.3, 0.4) is 0 Å².